The third kappa shape index (κ3) is 6.43. The van der Waals surface area contributed by atoms with Gasteiger partial charge in [-0.2, -0.15) is 0 Å². The Bertz CT molecular complexity index is 1530. The fourth-order valence-electron chi connectivity index (χ4n) is 4.68. The molecule has 0 amide bonds. The van der Waals surface area contributed by atoms with Crippen molar-refractivity contribution in [3.8, 4) is 23.0 Å². The Morgan fingerprint density at radius 3 is 1.93 bits per heavy atom. The number of ketones is 2. The Morgan fingerprint density at radius 1 is 0.767 bits per heavy atom. The van der Waals surface area contributed by atoms with Gasteiger partial charge in [-0.15, -0.1) is 0 Å². The van der Waals surface area contributed by atoms with E-state index in [-0.39, 0.29) is 42.6 Å². The molecular formula is C33H36FNO8. The number of phenolic OH excluding ortho intramolecular Hbond substituents is 2. The molecule has 0 unspecified atom stereocenters. The second kappa shape index (κ2) is 14.0. The highest BCUT2D eigenvalue weighted by Gasteiger charge is 2.42. The zero-order valence-corrected chi connectivity index (χ0v) is 24.5. The number of ether oxygens (including phenoxy) is 3. The minimum absolute atomic E-state index is 0.124. The van der Waals surface area contributed by atoms with Crippen LogP contribution in [0.4, 0.5) is 15.8 Å². The Kier molecular flexibility index (Phi) is 10.2. The lowest BCUT2D eigenvalue weighted by molar-refractivity contribution is 0.0499. The molecular weight excluding hydrogens is 557 g/mol. The van der Waals surface area contributed by atoms with Crippen LogP contribution in [0.1, 0.15) is 101 Å². The SMILES string of the molecule is CCCCOC(=O)c1cccc(Nc2c(F)c3c(c(OCCCC)c2OCCCC)C(=O)c2c(O)ccc(O)c2C3=O)c1. The van der Waals surface area contributed by atoms with Gasteiger partial charge >= 0.3 is 5.97 Å². The smallest absolute Gasteiger partial charge is 0.338 e. The van der Waals surface area contributed by atoms with Crippen molar-refractivity contribution in [2.45, 2.75) is 59.3 Å². The molecule has 0 saturated carbocycles. The average molecular weight is 594 g/mol. The standard InChI is InChI=1S/C33H36FNO8/c1-4-7-15-41-31-26-25(29(38)23-21(36)13-14-22(37)24(23)30(26)39)27(34)28(32(31)42-16-8-5-2)35-20-12-10-11-19(18-20)33(40)43-17-9-6-3/h10-14,18,35-37H,4-9,15-17H2,1-3H3. The van der Waals surface area contributed by atoms with Gasteiger partial charge in [-0.1, -0.05) is 46.1 Å². The summed E-state index contributed by atoms with van der Waals surface area (Å²) < 4.78 is 34.0. The Balaban J connectivity index is 1.91. The number of rotatable bonds is 14. The van der Waals surface area contributed by atoms with Gasteiger partial charge < -0.3 is 29.7 Å². The first kappa shape index (κ1) is 31.3. The summed E-state index contributed by atoms with van der Waals surface area (Å²) >= 11 is 0. The van der Waals surface area contributed by atoms with Gasteiger partial charge in [-0.25, -0.2) is 9.18 Å². The first-order chi connectivity index (χ1) is 20.7. The van der Waals surface area contributed by atoms with Gasteiger partial charge in [0.15, 0.2) is 17.3 Å². The number of carbonyl (C=O) groups excluding carboxylic acids is 3. The summed E-state index contributed by atoms with van der Waals surface area (Å²) in [5.74, 6) is -4.90. The number of carbonyl (C=O) groups is 3. The van der Waals surface area contributed by atoms with Crippen molar-refractivity contribution < 1.29 is 43.2 Å². The van der Waals surface area contributed by atoms with Gasteiger partial charge in [0.1, 0.15) is 17.2 Å². The van der Waals surface area contributed by atoms with E-state index in [4.69, 9.17) is 14.2 Å². The molecule has 4 rings (SSSR count). The van der Waals surface area contributed by atoms with E-state index in [1.165, 1.54) is 6.07 Å². The van der Waals surface area contributed by atoms with Crippen molar-refractivity contribution in [2.75, 3.05) is 25.1 Å². The van der Waals surface area contributed by atoms with E-state index >= 15 is 4.39 Å². The number of anilines is 2. The summed E-state index contributed by atoms with van der Waals surface area (Å²) in [6.45, 7) is 6.43. The minimum atomic E-state index is -1.10. The minimum Gasteiger partial charge on any atom is -0.507 e. The molecule has 0 atom stereocenters. The van der Waals surface area contributed by atoms with E-state index in [9.17, 15) is 24.6 Å². The van der Waals surface area contributed by atoms with Crippen molar-refractivity contribution in [2.24, 2.45) is 0 Å². The molecule has 0 heterocycles. The first-order valence-electron chi connectivity index (χ1n) is 14.6. The molecule has 0 saturated heterocycles. The highest BCUT2D eigenvalue weighted by molar-refractivity contribution is 6.32. The van der Waals surface area contributed by atoms with E-state index in [0.717, 1.165) is 31.4 Å². The topological polar surface area (TPSA) is 131 Å². The Labute approximate surface area is 249 Å². The summed E-state index contributed by atoms with van der Waals surface area (Å²) in [6, 6.07) is 8.39. The first-order valence-corrected chi connectivity index (χ1v) is 14.6. The molecule has 0 spiro atoms. The number of phenols is 2. The van der Waals surface area contributed by atoms with Gasteiger partial charge in [0, 0.05) is 5.69 Å². The van der Waals surface area contributed by atoms with Crippen molar-refractivity contribution in [3.63, 3.8) is 0 Å². The Hall–Kier alpha value is -4.60. The van der Waals surface area contributed by atoms with Crippen LogP contribution in [-0.2, 0) is 4.74 Å². The van der Waals surface area contributed by atoms with Gasteiger partial charge in [0.2, 0.25) is 11.6 Å². The number of aromatic hydroxyl groups is 2. The molecule has 3 aromatic rings. The molecule has 9 nitrogen and oxygen atoms in total. The molecule has 43 heavy (non-hydrogen) atoms. The molecule has 0 aromatic heterocycles. The normalized spacial score (nSPS) is 12.0. The second-order valence-electron chi connectivity index (χ2n) is 10.2. The van der Waals surface area contributed by atoms with Crippen LogP contribution in [0.3, 0.4) is 0 Å². The molecule has 0 fully saturated rings. The van der Waals surface area contributed by atoms with Crippen LogP contribution in [0.25, 0.3) is 0 Å². The zero-order chi connectivity index (χ0) is 31.1. The highest BCUT2D eigenvalue weighted by atomic mass is 19.1. The van der Waals surface area contributed by atoms with E-state index in [1.54, 1.807) is 18.2 Å². The van der Waals surface area contributed by atoms with Gasteiger partial charge in [-0.05, 0) is 49.6 Å². The zero-order valence-electron chi connectivity index (χ0n) is 24.5. The predicted molar refractivity (Wildman–Crippen MR) is 159 cm³/mol. The van der Waals surface area contributed by atoms with Crippen LogP contribution in [-0.4, -0.2) is 47.6 Å². The summed E-state index contributed by atoms with van der Waals surface area (Å²) in [7, 11) is 0. The molecule has 10 heteroatoms. The average Bonchev–Trinajstić information content (AvgIpc) is 2.99. The van der Waals surface area contributed by atoms with Gasteiger partial charge in [0.05, 0.1) is 47.6 Å². The number of hydrogen-bond donors (Lipinski definition) is 3. The molecule has 0 aliphatic heterocycles. The Morgan fingerprint density at radius 2 is 1.33 bits per heavy atom. The largest absolute Gasteiger partial charge is 0.507 e. The number of nitrogens with one attached hydrogen (secondary N) is 1. The fourth-order valence-corrected chi connectivity index (χ4v) is 4.68. The predicted octanol–water partition coefficient (Wildman–Crippen LogP) is 7.07. The van der Waals surface area contributed by atoms with Gasteiger partial charge in [0.25, 0.3) is 0 Å². The van der Waals surface area contributed by atoms with Crippen molar-refractivity contribution in [1.29, 1.82) is 0 Å². The van der Waals surface area contributed by atoms with Crippen molar-refractivity contribution >= 4 is 28.9 Å². The van der Waals surface area contributed by atoms with E-state index in [0.29, 0.717) is 24.9 Å². The summed E-state index contributed by atoms with van der Waals surface area (Å²) in [5.41, 5.74) is -1.71. The lowest BCUT2D eigenvalue weighted by atomic mass is 9.81. The fraction of sp³-hybridized carbons (Fsp3) is 0.364. The number of fused-ring (bicyclic) bond motifs is 2. The van der Waals surface area contributed by atoms with E-state index in [2.05, 4.69) is 5.32 Å². The van der Waals surface area contributed by atoms with Crippen LogP contribution in [0.5, 0.6) is 23.0 Å². The highest BCUT2D eigenvalue weighted by Crippen LogP contribution is 2.50. The number of esters is 1. The number of unbranched alkanes of at least 4 members (excludes halogenated alkanes) is 3. The third-order valence-electron chi connectivity index (χ3n) is 7.01. The van der Waals surface area contributed by atoms with Crippen LogP contribution < -0.4 is 14.8 Å². The van der Waals surface area contributed by atoms with E-state index < -0.39 is 57.1 Å². The lowest BCUT2D eigenvalue weighted by Crippen LogP contribution is -2.25. The van der Waals surface area contributed by atoms with Crippen LogP contribution in [0, 0.1) is 5.82 Å². The van der Waals surface area contributed by atoms with Crippen LogP contribution in [0.15, 0.2) is 36.4 Å². The van der Waals surface area contributed by atoms with Crippen LogP contribution >= 0.6 is 0 Å². The summed E-state index contributed by atoms with van der Waals surface area (Å²) in [6.07, 6.45) is 4.30. The van der Waals surface area contributed by atoms with Crippen molar-refractivity contribution in [3.05, 3.63) is 70.0 Å². The van der Waals surface area contributed by atoms with E-state index in [1.807, 2.05) is 20.8 Å². The quantitative estimate of drug-likeness (QED) is 0.0798. The molecule has 0 radical (unpaired) electrons. The lowest BCUT2D eigenvalue weighted by Gasteiger charge is -2.26. The third-order valence-corrected chi connectivity index (χ3v) is 7.01. The number of halogens is 1. The van der Waals surface area contributed by atoms with Gasteiger partial charge in [-0.3, -0.25) is 9.59 Å². The monoisotopic (exact) mass is 593 g/mol. The molecule has 228 valence electrons. The summed E-state index contributed by atoms with van der Waals surface area (Å²) in [4.78, 5) is 40.1. The molecule has 0 bridgehead atoms. The van der Waals surface area contributed by atoms with Crippen LogP contribution in [0.2, 0.25) is 0 Å². The molecule has 3 aromatic carbocycles. The van der Waals surface area contributed by atoms with Crippen molar-refractivity contribution in [1.82, 2.24) is 0 Å². The maximum absolute atomic E-state index is 16.6. The number of hydrogen-bond acceptors (Lipinski definition) is 9. The maximum Gasteiger partial charge on any atom is 0.338 e. The second-order valence-corrected chi connectivity index (χ2v) is 10.2. The number of benzene rings is 3. The molecule has 3 N–H and O–H groups in total. The molecule has 1 aliphatic carbocycles. The molecule has 1 aliphatic rings. The maximum atomic E-state index is 16.6. The summed E-state index contributed by atoms with van der Waals surface area (Å²) in [5, 5.41) is 23.9.